The molecule has 0 bridgehead atoms. The smallest absolute Gasteiger partial charge is 0.0973 e. The van der Waals surface area contributed by atoms with Crippen molar-refractivity contribution in [3.8, 4) is 12.1 Å². The van der Waals surface area contributed by atoms with Gasteiger partial charge in [0.25, 0.3) is 0 Å². The van der Waals surface area contributed by atoms with Crippen LogP contribution in [-0.2, 0) is 0 Å². The normalized spacial score (nSPS) is 24.7. The molecule has 1 saturated carbocycles. The molecule has 2 atom stereocenters. The van der Waals surface area contributed by atoms with E-state index < -0.39 is 0 Å². The van der Waals surface area contributed by atoms with Gasteiger partial charge in [0, 0.05) is 29.1 Å². The Labute approximate surface area is 131 Å². The van der Waals surface area contributed by atoms with Crippen LogP contribution in [0.5, 0.6) is 0 Å². The molecule has 4 heteroatoms. The van der Waals surface area contributed by atoms with Gasteiger partial charge in [0.15, 0.2) is 0 Å². The van der Waals surface area contributed by atoms with Crippen molar-refractivity contribution in [2.24, 2.45) is 10.9 Å². The fourth-order valence-electron chi connectivity index (χ4n) is 3.69. The van der Waals surface area contributed by atoms with Crippen molar-refractivity contribution in [1.29, 1.82) is 10.5 Å². The van der Waals surface area contributed by atoms with Crippen molar-refractivity contribution < 1.29 is 0 Å². The minimum atomic E-state index is -0.355. The van der Waals surface area contributed by atoms with E-state index in [0.717, 1.165) is 17.0 Å². The molecule has 1 aromatic heterocycles. The zero-order valence-electron chi connectivity index (χ0n) is 13.5. The van der Waals surface area contributed by atoms with E-state index in [9.17, 15) is 10.5 Å². The van der Waals surface area contributed by atoms with Gasteiger partial charge in [-0.15, -0.1) is 0 Å². The fourth-order valence-corrected chi connectivity index (χ4v) is 3.69. The first kappa shape index (κ1) is 14.6. The molecule has 1 aliphatic carbocycles. The summed E-state index contributed by atoms with van der Waals surface area (Å²) in [5.74, 6) is -0.544. The highest BCUT2D eigenvalue weighted by Gasteiger charge is 2.37. The van der Waals surface area contributed by atoms with Crippen LogP contribution in [-0.4, -0.2) is 10.3 Å². The number of hydrogen-bond donors (Lipinski definition) is 0. The van der Waals surface area contributed by atoms with Crippen molar-refractivity contribution in [2.75, 3.05) is 0 Å². The Morgan fingerprint density at radius 3 is 2.41 bits per heavy atom. The van der Waals surface area contributed by atoms with Crippen LogP contribution in [0.4, 0.5) is 0 Å². The maximum absolute atomic E-state index is 9.61. The molecule has 22 heavy (non-hydrogen) atoms. The maximum Gasteiger partial charge on any atom is 0.0973 e. The second-order valence-electron chi connectivity index (χ2n) is 6.38. The van der Waals surface area contributed by atoms with Gasteiger partial charge < -0.3 is 4.57 Å². The maximum atomic E-state index is 9.61. The van der Waals surface area contributed by atoms with Crippen molar-refractivity contribution in [3.63, 3.8) is 0 Å². The van der Waals surface area contributed by atoms with Gasteiger partial charge in [-0.3, -0.25) is 4.99 Å². The van der Waals surface area contributed by atoms with E-state index in [0.29, 0.717) is 11.6 Å². The van der Waals surface area contributed by atoms with Crippen LogP contribution in [0.2, 0.25) is 0 Å². The van der Waals surface area contributed by atoms with E-state index in [-0.39, 0.29) is 11.8 Å². The fraction of sp³-hybridized carbons (Fsp3) is 0.500. The number of allylic oxidation sites excluding steroid dienone is 2. The summed E-state index contributed by atoms with van der Waals surface area (Å²) in [4.78, 5) is 4.41. The molecule has 0 aromatic carbocycles. The Hall–Kier alpha value is -2.33. The van der Waals surface area contributed by atoms with Crippen LogP contribution in [0.1, 0.15) is 55.6 Å². The van der Waals surface area contributed by atoms with Gasteiger partial charge >= 0.3 is 0 Å². The van der Waals surface area contributed by atoms with Gasteiger partial charge in [-0.05, 0) is 52.2 Å². The highest BCUT2D eigenvalue weighted by atomic mass is 15.1. The van der Waals surface area contributed by atoms with E-state index in [4.69, 9.17) is 0 Å². The molecule has 0 radical (unpaired) electrons. The second-order valence-corrected chi connectivity index (χ2v) is 6.38. The molecule has 0 amide bonds. The van der Waals surface area contributed by atoms with Gasteiger partial charge in [-0.2, -0.15) is 10.5 Å². The van der Waals surface area contributed by atoms with Crippen molar-refractivity contribution >= 4 is 5.71 Å². The monoisotopic (exact) mass is 292 g/mol. The molecule has 112 valence electrons. The van der Waals surface area contributed by atoms with Crippen LogP contribution >= 0.6 is 0 Å². The predicted octanol–water partition coefficient (Wildman–Crippen LogP) is 3.94. The first-order chi connectivity index (χ1) is 10.5. The number of rotatable bonds is 2. The van der Waals surface area contributed by atoms with E-state index in [1.165, 1.54) is 24.2 Å². The number of nitrogens with zero attached hydrogens (tertiary/aromatic N) is 4. The van der Waals surface area contributed by atoms with E-state index >= 15 is 0 Å². The predicted molar refractivity (Wildman–Crippen MR) is 85.4 cm³/mol. The minimum absolute atomic E-state index is 0.189. The van der Waals surface area contributed by atoms with Crippen molar-refractivity contribution in [1.82, 2.24) is 4.57 Å². The van der Waals surface area contributed by atoms with Crippen LogP contribution in [0.25, 0.3) is 0 Å². The van der Waals surface area contributed by atoms with E-state index in [1.54, 1.807) is 0 Å². The molecular weight excluding hydrogens is 272 g/mol. The Morgan fingerprint density at radius 1 is 1.18 bits per heavy atom. The summed E-state index contributed by atoms with van der Waals surface area (Å²) in [7, 11) is 0. The van der Waals surface area contributed by atoms with Crippen LogP contribution < -0.4 is 0 Å². The molecule has 2 heterocycles. The van der Waals surface area contributed by atoms with Crippen LogP contribution in [0.3, 0.4) is 0 Å². The molecule has 2 aliphatic rings. The lowest BCUT2D eigenvalue weighted by Crippen LogP contribution is -2.25. The molecule has 0 saturated heterocycles. The van der Waals surface area contributed by atoms with E-state index in [1.807, 2.05) is 13.8 Å². The van der Waals surface area contributed by atoms with Crippen molar-refractivity contribution in [2.45, 2.75) is 52.5 Å². The quantitative estimate of drug-likeness (QED) is 0.828. The Kier molecular flexibility index (Phi) is 3.41. The lowest BCUT2D eigenvalue weighted by atomic mass is 9.77. The third-order valence-electron chi connectivity index (χ3n) is 4.86. The third-order valence-corrected chi connectivity index (χ3v) is 4.86. The molecule has 1 aliphatic heterocycles. The summed E-state index contributed by atoms with van der Waals surface area (Å²) >= 11 is 0. The van der Waals surface area contributed by atoms with Crippen LogP contribution in [0.15, 0.2) is 22.3 Å². The highest BCUT2D eigenvalue weighted by Crippen LogP contribution is 2.44. The molecule has 1 unspecified atom stereocenters. The molecule has 1 aromatic rings. The van der Waals surface area contributed by atoms with Gasteiger partial charge in [0.1, 0.15) is 0 Å². The van der Waals surface area contributed by atoms with Gasteiger partial charge in [-0.25, -0.2) is 0 Å². The average Bonchev–Trinajstić information content (AvgIpc) is 3.24. The molecular formula is C18H20N4. The Balaban J connectivity index is 2.17. The second kappa shape index (κ2) is 5.14. The summed E-state index contributed by atoms with van der Waals surface area (Å²) in [5, 5.41) is 19.2. The third kappa shape index (κ3) is 2.07. The summed E-state index contributed by atoms with van der Waals surface area (Å²) in [6.45, 7) is 7.98. The van der Waals surface area contributed by atoms with E-state index in [2.05, 4.69) is 41.6 Å². The lowest BCUT2D eigenvalue weighted by Gasteiger charge is -2.26. The summed E-state index contributed by atoms with van der Waals surface area (Å²) < 4.78 is 2.37. The Morgan fingerprint density at radius 2 is 1.86 bits per heavy atom. The number of aliphatic imine (C=N–C) groups is 1. The molecule has 0 N–H and O–H groups in total. The molecule has 1 fully saturated rings. The first-order valence-corrected chi connectivity index (χ1v) is 7.73. The number of hydrogen-bond acceptors (Lipinski definition) is 3. The van der Waals surface area contributed by atoms with Gasteiger partial charge in [-0.1, -0.05) is 0 Å². The summed E-state index contributed by atoms with van der Waals surface area (Å²) in [6, 6.07) is 7.42. The SMILES string of the molecule is CC1=NC(C)=C(C#N)[C@H](c2cc(C)n(C3CC3)c2C)C1C#N. The zero-order chi connectivity index (χ0) is 16.0. The summed E-state index contributed by atoms with van der Waals surface area (Å²) in [6.07, 6.45) is 2.45. The topological polar surface area (TPSA) is 64.9 Å². The largest absolute Gasteiger partial charge is 0.346 e. The lowest BCUT2D eigenvalue weighted by molar-refractivity contribution is 0.668. The van der Waals surface area contributed by atoms with Crippen molar-refractivity contribution in [3.05, 3.63) is 34.3 Å². The standard InChI is InChI=1S/C18H20N4/c1-10-7-15(13(4)22(10)14-5-6-14)18-16(8-19)11(2)21-12(3)17(18)9-20/h7,14,16,18H,5-6H2,1-4H3/t16?,18-/m1/s1. The van der Waals surface area contributed by atoms with Gasteiger partial charge in [0.2, 0.25) is 0 Å². The molecule has 0 spiro atoms. The number of nitriles is 2. The molecule has 3 rings (SSSR count). The van der Waals surface area contributed by atoms with Gasteiger partial charge in [0.05, 0.1) is 29.3 Å². The van der Waals surface area contributed by atoms with Crippen LogP contribution in [0, 0.1) is 42.4 Å². The molecule has 4 nitrogen and oxygen atoms in total. The first-order valence-electron chi connectivity index (χ1n) is 7.73. The summed E-state index contributed by atoms with van der Waals surface area (Å²) in [5.41, 5.74) is 5.71. The zero-order valence-corrected chi connectivity index (χ0v) is 13.5. The minimum Gasteiger partial charge on any atom is -0.346 e. The highest BCUT2D eigenvalue weighted by molar-refractivity contribution is 5.90. The number of aryl methyl sites for hydroxylation is 1. The average molecular weight is 292 g/mol. The number of aromatic nitrogens is 1. The Bertz CT molecular complexity index is 775.